The van der Waals surface area contributed by atoms with Crippen LogP contribution in [-0.2, 0) is 17.8 Å². The minimum Gasteiger partial charge on any atom is -0.476 e. The van der Waals surface area contributed by atoms with Gasteiger partial charge in [-0.05, 0) is 24.3 Å². The molecule has 0 atom stereocenters. The van der Waals surface area contributed by atoms with E-state index in [0.717, 1.165) is 12.8 Å². The highest BCUT2D eigenvalue weighted by Gasteiger charge is 2.16. The third-order valence-corrected chi connectivity index (χ3v) is 4.05. The topological polar surface area (TPSA) is 88.3 Å². The summed E-state index contributed by atoms with van der Waals surface area (Å²) in [5.74, 6) is -1.23. The molecule has 1 amide bonds. The Bertz CT molecular complexity index is 624. The Morgan fingerprint density at radius 2 is 2.23 bits per heavy atom. The molecule has 0 aliphatic carbocycles. The van der Waals surface area contributed by atoms with Crippen molar-refractivity contribution in [2.45, 2.75) is 26.3 Å². The van der Waals surface area contributed by atoms with Crippen molar-refractivity contribution < 1.29 is 14.7 Å². The molecule has 0 bridgehead atoms. The Kier molecular flexibility index (Phi) is 5.65. The van der Waals surface area contributed by atoms with Crippen LogP contribution in [0.5, 0.6) is 0 Å². The van der Waals surface area contributed by atoms with E-state index in [2.05, 4.69) is 16.4 Å². The first-order valence-electron chi connectivity index (χ1n) is 7.03. The number of thiophene rings is 1. The number of carbonyl (C=O) groups is 2. The molecule has 2 rings (SSSR count). The fraction of sp³-hybridized carbons (Fsp3) is 0.429. The second kappa shape index (κ2) is 7.69. The smallest absolute Gasteiger partial charge is 0.358 e. The third kappa shape index (κ3) is 4.39. The van der Waals surface area contributed by atoms with Gasteiger partial charge in [-0.2, -0.15) is 0 Å². The molecule has 0 fully saturated rings. The van der Waals surface area contributed by atoms with Gasteiger partial charge in [-0.15, -0.1) is 16.4 Å². The number of aromatic carboxylic acids is 1. The zero-order chi connectivity index (χ0) is 15.9. The molecular formula is C14H18N4O3S. The van der Waals surface area contributed by atoms with Gasteiger partial charge < -0.3 is 10.0 Å². The van der Waals surface area contributed by atoms with Gasteiger partial charge in [-0.3, -0.25) is 4.79 Å². The maximum Gasteiger partial charge on any atom is 0.358 e. The first kappa shape index (κ1) is 16.2. The van der Waals surface area contributed by atoms with E-state index < -0.39 is 5.97 Å². The lowest BCUT2D eigenvalue weighted by Gasteiger charge is -2.21. The summed E-state index contributed by atoms with van der Waals surface area (Å²) in [7, 11) is 0. The number of rotatable bonds is 8. The summed E-state index contributed by atoms with van der Waals surface area (Å²) in [6, 6.07) is 4.05. The zero-order valence-corrected chi connectivity index (χ0v) is 13.1. The second-order valence-electron chi connectivity index (χ2n) is 4.82. The van der Waals surface area contributed by atoms with Crippen molar-refractivity contribution in [2.75, 3.05) is 13.1 Å². The maximum atomic E-state index is 12.3. The Balaban J connectivity index is 1.94. The van der Waals surface area contributed by atoms with E-state index in [4.69, 9.17) is 5.11 Å². The lowest BCUT2D eigenvalue weighted by molar-refractivity contribution is -0.132. The Hall–Kier alpha value is -2.22. The molecule has 1 N–H and O–H groups in total. The molecule has 0 aliphatic heterocycles. The number of nitrogens with zero attached hydrogens (tertiary/aromatic N) is 4. The monoisotopic (exact) mass is 322 g/mol. The predicted octanol–water partition coefficient (Wildman–Crippen LogP) is 1.52. The van der Waals surface area contributed by atoms with E-state index in [1.165, 1.54) is 15.8 Å². The van der Waals surface area contributed by atoms with Crippen molar-refractivity contribution in [2.24, 2.45) is 0 Å². The highest BCUT2D eigenvalue weighted by molar-refractivity contribution is 7.09. The first-order valence-corrected chi connectivity index (χ1v) is 7.91. The van der Waals surface area contributed by atoms with Crippen molar-refractivity contribution in [1.29, 1.82) is 0 Å². The molecule has 118 valence electrons. The molecule has 0 radical (unpaired) electrons. The molecule has 2 heterocycles. The second-order valence-corrected chi connectivity index (χ2v) is 5.85. The number of carboxylic acid groups (broad SMARTS) is 1. The van der Waals surface area contributed by atoms with Crippen LogP contribution in [0.25, 0.3) is 0 Å². The first-order chi connectivity index (χ1) is 10.6. The van der Waals surface area contributed by atoms with Crippen LogP contribution in [0, 0.1) is 0 Å². The van der Waals surface area contributed by atoms with E-state index in [-0.39, 0.29) is 18.1 Å². The molecule has 0 spiro atoms. The summed E-state index contributed by atoms with van der Waals surface area (Å²) in [5.41, 5.74) is -0.159. The van der Waals surface area contributed by atoms with Gasteiger partial charge in [0.25, 0.3) is 0 Å². The fourth-order valence-electron chi connectivity index (χ4n) is 2.04. The van der Waals surface area contributed by atoms with Crippen LogP contribution in [0.15, 0.2) is 23.7 Å². The molecule has 2 aromatic rings. The van der Waals surface area contributed by atoms with E-state index in [1.807, 2.05) is 18.4 Å². The molecule has 0 saturated carbocycles. The van der Waals surface area contributed by atoms with E-state index in [9.17, 15) is 9.59 Å². The molecule has 2 aromatic heterocycles. The van der Waals surface area contributed by atoms with Gasteiger partial charge in [-0.1, -0.05) is 18.2 Å². The lowest BCUT2D eigenvalue weighted by Crippen LogP contribution is -2.36. The number of carboxylic acids is 1. The average Bonchev–Trinajstić information content (AvgIpc) is 3.14. The van der Waals surface area contributed by atoms with Crippen molar-refractivity contribution in [1.82, 2.24) is 19.9 Å². The number of amides is 1. The van der Waals surface area contributed by atoms with Crippen LogP contribution in [-0.4, -0.2) is 50.0 Å². The third-order valence-electron chi connectivity index (χ3n) is 3.11. The molecule has 0 saturated heterocycles. The number of carbonyl (C=O) groups excluding carboxylic acids is 1. The quantitative estimate of drug-likeness (QED) is 0.796. The number of aromatic nitrogens is 3. The van der Waals surface area contributed by atoms with Crippen molar-refractivity contribution >= 4 is 23.2 Å². The minimum atomic E-state index is -1.15. The average molecular weight is 322 g/mol. The molecule has 0 unspecified atom stereocenters. The summed E-state index contributed by atoms with van der Waals surface area (Å²) in [4.78, 5) is 26.1. The fourth-order valence-corrected chi connectivity index (χ4v) is 2.74. The van der Waals surface area contributed by atoms with Crippen LogP contribution < -0.4 is 0 Å². The van der Waals surface area contributed by atoms with Gasteiger partial charge in [-0.25, -0.2) is 9.48 Å². The Labute approximate surface area is 132 Å². The van der Waals surface area contributed by atoms with E-state index in [1.54, 1.807) is 16.2 Å². The predicted molar refractivity (Wildman–Crippen MR) is 81.9 cm³/mol. The van der Waals surface area contributed by atoms with Gasteiger partial charge in [0.05, 0.1) is 6.20 Å². The van der Waals surface area contributed by atoms with Crippen LogP contribution in [0.2, 0.25) is 0 Å². The van der Waals surface area contributed by atoms with Gasteiger partial charge in [0.15, 0.2) is 5.69 Å². The standard InChI is InChI=1S/C14H18N4O3S/c1-2-6-17(7-5-11-4-3-8-22-11)13(19)10-18-9-12(14(20)21)15-16-18/h3-4,8-9H,2,5-7,10H2,1H3,(H,20,21). The summed E-state index contributed by atoms with van der Waals surface area (Å²) in [6.07, 6.45) is 2.96. The van der Waals surface area contributed by atoms with Crippen LogP contribution in [0.1, 0.15) is 28.7 Å². The SMILES string of the molecule is CCCN(CCc1cccs1)C(=O)Cn1cc(C(=O)O)nn1. The highest BCUT2D eigenvalue weighted by Crippen LogP contribution is 2.10. The minimum absolute atomic E-state index is 0.00468. The van der Waals surface area contributed by atoms with E-state index in [0.29, 0.717) is 13.1 Å². The molecule has 7 nitrogen and oxygen atoms in total. The van der Waals surface area contributed by atoms with Gasteiger partial charge in [0, 0.05) is 18.0 Å². The van der Waals surface area contributed by atoms with Crippen molar-refractivity contribution in [3.05, 3.63) is 34.3 Å². The molecular weight excluding hydrogens is 304 g/mol. The molecule has 0 aliphatic rings. The van der Waals surface area contributed by atoms with Crippen LogP contribution in [0.4, 0.5) is 0 Å². The van der Waals surface area contributed by atoms with Crippen LogP contribution >= 0.6 is 11.3 Å². The maximum absolute atomic E-state index is 12.3. The van der Waals surface area contributed by atoms with Gasteiger partial charge in [0.1, 0.15) is 6.54 Å². The normalized spacial score (nSPS) is 10.6. The summed E-state index contributed by atoms with van der Waals surface area (Å²) < 4.78 is 1.26. The summed E-state index contributed by atoms with van der Waals surface area (Å²) in [5, 5.41) is 18.0. The van der Waals surface area contributed by atoms with E-state index >= 15 is 0 Å². The lowest BCUT2D eigenvalue weighted by atomic mass is 10.3. The van der Waals surface area contributed by atoms with Crippen molar-refractivity contribution in [3.8, 4) is 0 Å². The van der Waals surface area contributed by atoms with Crippen LogP contribution in [0.3, 0.4) is 0 Å². The summed E-state index contributed by atoms with van der Waals surface area (Å²) >= 11 is 1.67. The van der Waals surface area contributed by atoms with Gasteiger partial charge >= 0.3 is 5.97 Å². The largest absolute Gasteiger partial charge is 0.476 e. The summed E-state index contributed by atoms with van der Waals surface area (Å²) in [6.45, 7) is 3.34. The number of hydrogen-bond acceptors (Lipinski definition) is 5. The highest BCUT2D eigenvalue weighted by atomic mass is 32.1. The van der Waals surface area contributed by atoms with Crippen molar-refractivity contribution in [3.63, 3.8) is 0 Å². The Morgan fingerprint density at radius 1 is 1.41 bits per heavy atom. The zero-order valence-electron chi connectivity index (χ0n) is 12.3. The molecule has 0 aromatic carbocycles. The molecule has 22 heavy (non-hydrogen) atoms. The molecule has 8 heteroatoms. The van der Waals surface area contributed by atoms with Gasteiger partial charge in [0.2, 0.25) is 5.91 Å². The number of hydrogen-bond donors (Lipinski definition) is 1. The Morgan fingerprint density at radius 3 is 2.82 bits per heavy atom.